The van der Waals surface area contributed by atoms with Crippen molar-refractivity contribution in [3.05, 3.63) is 59.9 Å². The number of fused-ring (bicyclic) bond motifs is 1. The zero-order chi connectivity index (χ0) is 22.3. The van der Waals surface area contributed by atoms with E-state index in [0.29, 0.717) is 16.5 Å². The Balaban J connectivity index is 1.63. The number of hydrogen-bond donors (Lipinski definition) is 4. The average molecular weight is 436 g/mol. The van der Waals surface area contributed by atoms with E-state index in [2.05, 4.69) is 33.4 Å². The first kappa shape index (κ1) is 20.8. The second kappa shape index (κ2) is 7.64. The van der Waals surface area contributed by atoms with Crippen LogP contribution in [-0.4, -0.2) is 26.8 Å². The summed E-state index contributed by atoms with van der Waals surface area (Å²) in [5.41, 5.74) is 4.53. The molecule has 0 bridgehead atoms. The van der Waals surface area contributed by atoms with Crippen LogP contribution < -0.4 is 15.4 Å². The Hall–Kier alpha value is -3.50. The number of anilines is 4. The molecule has 0 saturated heterocycles. The van der Waals surface area contributed by atoms with E-state index in [1.807, 2.05) is 60.9 Å². The lowest BCUT2D eigenvalue weighted by Gasteiger charge is -2.19. The molecule has 2 aromatic carbocycles. The summed E-state index contributed by atoms with van der Waals surface area (Å²) in [7, 11) is 1.06. The van der Waals surface area contributed by atoms with Crippen molar-refractivity contribution < 1.29 is 0 Å². The minimum absolute atomic E-state index is 0.418. The number of aryl methyl sites for hydroxylation is 3. The van der Waals surface area contributed by atoms with Gasteiger partial charge in [-0.25, -0.2) is 4.98 Å². The average Bonchev–Trinajstić information content (AvgIpc) is 3.01. The maximum absolute atomic E-state index is 7.90. The summed E-state index contributed by atoms with van der Waals surface area (Å²) in [6.07, 6.45) is 1.69. The van der Waals surface area contributed by atoms with Gasteiger partial charge in [0.05, 0.1) is 5.52 Å². The van der Waals surface area contributed by atoms with Gasteiger partial charge in [-0.2, -0.15) is 10.1 Å². The van der Waals surface area contributed by atoms with Gasteiger partial charge in [-0.3, -0.25) is 19.4 Å². The monoisotopic (exact) mass is 435 g/mol. The van der Waals surface area contributed by atoms with Crippen molar-refractivity contribution >= 4 is 43.9 Å². The number of rotatable bonds is 5. The second-order valence-electron chi connectivity index (χ2n) is 7.47. The fraction of sp³-hybridized carbons (Fsp3) is 0.190. The molecular weight excluding hydrogens is 410 g/mol. The Labute approximate surface area is 181 Å². The van der Waals surface area contributed by atoms with E-state index in [0.717, 1.165) is 33.7 Å². The summed E-state index contributed by atoms with van der Waals surface area (Å²) in [5, 5.41) is 14.6. The predicted octanol–water partition coefficient (Wildman–Crippen LogP) is 4.40. The Morgan fingerprint density at radius 1 is 1.10 bits per heavy atom. The van der Waals surface area contributed by atoms with Crippen LogP contribution in [0.4, 0.5) is 23.1 Å². The number of nitrogens with one attached hydrogen (secondary N) is 3. The molecule has 0 aliphatic rings. The van der Waals surface area contributed by atoms with Crippen LogP contribution in [0.15, 0.2) is 53.6 Å². The molecular formula is C21H25N9S. The van der Waals surface area contributed by atoms with Gasteiger partial charge in [-0.15, -0.1) is 0 Å². The van der Waals surface area contributed by atoms with Gasteiger partial charge in [0.25, 0.3) is 0 Å². The highest BCUT2D eigenvalue weighted by atomic mass is 32.2. The largest absolute Gasteiger partial charge is 0.329 e. The Kier molecular flexibility index (Phi) is 5.11. The molecule has 9 nitrogen and oxygen atoms in total. The molecule has 0 aliphatic carbocycles. The van der Waals surface area contributed by atoms with Crippen molar-refractivity contribution in [3.8, 4) is 0 Å². The third-order valence-electron chi connectivity index (χ3n) is 5.28. The van der Waals surface area contributed by atoms with Crippen LogP contribution in [0, 0.1) is 23.4 Å². The van der Waals surface area contributed by atoms with Gasteiger partial charge >= 0.3 is 0 Å². The quantitative estimate of drug-likeness (QED) is 0.367. The molecule has 0 saturated carbocycles. The molecule has 31 heavy (non-hydrogen) atoms. The maximum atomic E-state index is 7.90. The van der Waals surface area contributed by atoms with E-state index in [1.54, 1.807) is 12.3 Å². The van der Waals surface area contributed by atoms with E-state index in [9.17, 15) is 0 Å². The predicted molar refractivity (Wildman–Crippen MR) is 125 cm³/mol. The Bertz CT molecular complexity index is 1390. The fourth-order valence-electron chi connectivity index (χ4n) is 3.41. The normalized spacial score (nSPS) is 11.6. The number of aromatic nitrogens is 4. The van der Waals surface area contributed by atoms with Gasteiger partial charge < -0.3 is 10.2 Å². The highest BCUT2D eigenvalue weighted by Gasteiger charge is 2.12. The molecule has 0 amide bonds. The van der Waals surface area contributed by atoms with Crippen molar-refractivity contribution in [1.29, 1.82) is 9.56 Å². The number of hydrogen-bond acceptors (Lipinski definition) is 7. The summed E-state index contributed by atoms with van der Waals surface area (Å²) >= 11 is 0. The van der Waals surface area contributed by atoms with Crippen molar-refractivity contribution in [1.82, 2.24) is 19.7 Å². The summed E-state index contributed by atoms with van der Waals surface area (Å²) in [5.74, 6) is 1.14. The van der Waals surface area contributed by atoms with Gasteiger partial charge in [-0.1, -0.05) is 6.07 Å². The van der Waals surface area contributed by atoms with E-state index >= 15 is 0 Å². The van der Waals surface area contributed by atoms with E-state index in [-0.39, 0.29) is 0 Å². The summed E-state index contributed by atoms with van der Waals surface area (Å²) in [4.78, 5) is 11.4. The summed E-state index contributed by atoms with van der Waals surface area (Å²) in [6.45, 7) is 3.90. The maximum Gasteiger partial charge on any atom is 0.229 e. The minimum atomic E-state index is -2.82. The first-order valence-electron chi connectivity index (χ1n) is 9.61. The highest BCUT2D eigenvalue weighted by Crippen LogP contribution is 2.28. The third kappa shape index (κ3) is 4.07. The van der Waals surface area contributed by atoms with Crippen LogP contribution in [0.1, 0.15) is 11.3 Å². The van der Waals surface area contributed by atoms with Crippen LogP contribution >= 0.6 is 0 Å². The number of benzene rings is 2. The zero-order valence-corrected chi connectivity index (χ0v) is 18.7. The molecule has 5 N–H and O–H groups in total. The molecule has 0 radical (unpaired) electrons. The van der Waals surface area contributed by atoms with E-state index in [4.69, 9.17) is 14.7 Å². The zero-order valence-electron chi connectivity index (χ0n) is 17.8. The molecule has 2 heterocycles. The molecule has 0 unspecified atom stereocenters. The lowest BCUT2D eigenvalue weighted by molar-refractivity contribution is 0.751. The molecule has 4 rings (SSSR count). The number of nitrogens with two attached hydrogens (primary N) is 1. The Morgan fingerprint density at radius 2 is 1.87 bits per heavy atom. The topological polar surface area (TPSA) is 133 Å². The molecule has 160 valence electrons. The minimum Gasteiger partial charge on any atom is -0.329 e. The summed E-state index contributed by atoms with van der Waals surface area (Å²) in [6, 6.07) is 13.4. The van der Waals surface area contributed by atoms with Crippen molar-refractivity contribution in [2.45, 2.75) is 18.7 Å². The molecule has 2 aromatic heterocycles. The number of nitrogens with zero attached hydrogens (tertiary/aromatic N) is 5. The molecule has 0 atom stereocenters. The highest BCUT2D eigenvalue weighted by molar-refractivity contribution is 7.91. The van der Waals surface area contributed by atoms with Crippen LogP contribution in [0.2, 0.25) is 0 Å². The molecule has 4 aromatic rings. The molecule has 0 aliphatic heterocycles. The lowest BCUT2D eigenvalue weighted by Crippen LogP contribution is -2.13. The lowest BCUT2D eigenvalue weighted by atomic mass is 10.2. The second-order valence-corrected chi connectivity index (χ2v) is 9.23. The molecule has 0 fully saturated rings. The van der Waals surface area contributed by atoms with Gasteiger partial charge in [0.1, 0.15) is 5.82 Å². The van der Waals surface area contributed by atoms with Gasteiger partial charge in [0.2, 0.25) is 5.95 Å². The fourth-order valence-corrected chi connectivity index (χ4v) is 4.30. The third-order valence-corrected chi connectivity index (χ3v) is 6.41. The first-order valence-corrected chi connectivity index (χ1v) is 11.3. The van der Waals surface area contributed by atoms with Gasteiger partial charge in [0.15, 0.2) is 0 Å². The summed E-state index contributed by atoms with van der Waals surface area (Å²) < 4.78 is 17.7. The first-order chi connectivity index (χ1) is 14.6. The SMILES string of the molecule is Cc1ccc(Nc2nccc(N(C)c3ccc4c(C)n(C)nc4c3)n2)cc1S(=N)(=N)N. The van der Waals surface area contributed by atoms with Crippen molar-refractivity contribution in [3.63, 3.8) is 0 Å². The molecule has 10 heteroatoms. The van der Waals surface area contributed by atoms with Crippen LogP contribution in [0.25, 0.3) is 10.9 Å². The van der Waals surface area contributed by atoms with Crippen LogP contribution in [-0.2, 0) is 16.9 Å². The molecule has 0 spiro atoms. The van der Waals surface area contributed by atoms with Crippen LogP contribution in [0.3, 0.4) is 0 Å². The van der Waals surface area contributed by atoms with E-state index < -0.39 is 9.81 Å². The van der Waals surface area contributed by atoms with Crippen molar-refractivity contribution in [2.75, 3.05) is 17.3 Å². The van der Waals surface area contributed by atoms with Crippen LogP contribution in [0.5, 0.6) is 0 Å². The van der Waals surface area contributed by atoms with E-state index in [1.165, 1.54) is 0 Å². The standard InChI is InChI=1S/C21H25N9S/c1-13-5-6-15(11-19(13)31(22,23)24)26-21-25-10-9-20(27-21)29(3)16-7-8-17-14(2)30(4)28-18(17)12-16/h5-12H,1-4H3,(H4,22,23,24)(H,25,26,27). The van der Waals surface area contributed by atoms with Gasteiger partial charge in [0, 0.05) is 57.4 Å². The smallest absolute Gasteiger partial charge is 0.229 e. The van der Waals surface area contributed by atoms with Gasteiger partial charge in [-0.05, 0) is 55.8 Å². The Morgan fingerprint density at radius 3 is 2.61 bits per heavy atom. The van der Waals surface area contributed by atoms with Crippen molar-refractivity contribution in [2.24, 2.45) is 12.2 Å².